The molecule has 2 nitrogen and oxygen atoms in total. The van der Waals surface area contributed by atoms with Crippen molar-refractivity contribution in [3.63, 3.8) is 0 Å². The third-order valence-electron chi connectivity index (χ3n) is 2.82. The second-order valence-electron chi connectivity index (χ2n) is 4.46. The zero-order chi connectivity index (χ0) is 14.2. The van der Waals surface area contributed by atoms with Crippen LogP contribution in [0.5, 0.6) is 0 Å². The summed E-state index contributed by atoms with van der Waals surface area (Å²) in [5.74, 6) is 0. The van der Waals surface area contributed by atoms with Crippen LogP contribution in [-0.4, -0.2) is 4.98 Å². The van der Waals surface area contributed by atoms with E-state index in [-0.39, 0.29) is 5.56 Å². The second-order valence-corrected chi connectivity index (χ2v) is 4.46. The highest BCUT2D eigenvalue weighted by Gasteiger charge is 1.91. The van der Waals surface area contributed by atoms with E-state index < -0.39 is 0 Å². The maximum atomic E-state index is 10.4. The van der Waals surface area contributed by atoms with E-state index in [1.807, 2.05) is 19.1 Å². The SMILES string of the molecule is Cc1ccc(=O)[nH]c1.c1ccc(-c2ccccc2)cc1. The van der Waals surface area contributed by atoms with Crippen molar-refractivity contribution >= 4 is 0 Å². The van der Waals surface area contributed by atoms with Crippen LogP contribution in [-0.2, 0) is 0 Å². The molecule has 1 N–H and O–H groups in total. The Balaban J connectivity index is 0.000000160. The Morgan fingerprint density at radius 2 is 1.20 bits per heavy atom. The van der Waals surface area contributed by atoms with Crippen molar-refractivity contribution in [1.82, 2.24) is 4.98 Å². The van der Waals surface area contributed by atoms with Crippen LogP contribution in [0.3, 0.4) is 0 Å². The Bertz CT molecular complexity index is 629. The fraction of sp³-hybridized carbons (Fsp3) is 0.0556. The first-order valence-corrected chi connectivity index (χ1v) is 6.51. The summed E-state index contributed by atoms with van der Waals surface area (Å²) >= 11 is 0. The summed E-state index contributed by atoms with van der Waals surface area (Å²) in [6, 6.07) is 24.1. The van der Waals surface area contributed by atoms with E-state index in [1.54, 1.807) is 12.3 Å². The van der Waals surface area contributed by atoms with E-state index in [0.717, 1.165) is 5.56 Å². The zero-order valence-corrected chi connectivity index (χ0v) is 11.4. The molecule has 0 saturated heterocycles. The van der Waals surface area contributed by atoms with Crippen LogP contribution in [0.1, 0.15) is 5.56 Å². The molecule has 3 rings (SSSR count). The molecule has 0 spiro atoms. The van der Waals surface area contributed by atoms with Gasteiger partial charge in [-0.15, -0.1) is 0 Å². The minimum atomic E-state index is -0.0457. The van der Waals surface area contributed by atoms with E-state index in [9.17, 15) is 4.79 Å². The summed E-state index contributed by atoms with van der Waals surface area (Å²) in [4.78, 5) is 12.9. The Kier molecular flexibility index (Phi) is 4.90. The van der Waals surface area contributed by atoms with E-state index >= 15 is 0 Å². The predicted octanol–water partition coefficient (Wildman–Crippen LogP) is 4.04. The third kappa shape index (κ3) is 4.25. The molecule has 0 fully saturated rings. The van der Waals surface area contributed by atoms with Gasteiger partial charge in [0.2, 0.25) is 5.56 Å². The summed E-state index contributed by atoms with van der Waals surface area (Å²) in [5, 5.41) is 0. The third-order valence-corrected chi connectivity index (χ3v) is 2.82. The second kappa shape index (κ2) is 7.10. The highest BCUT2D eigenvalue weighted by molar-refractivity contribution is 5.62. The molecule has 2 aromatic carbocycles. The number of benzene rings is 2. The van der Waals surface area contributed by atoms with Crippen LogP contribution in [0, 0.1) is 6.92 Å². The molecular weight excluding hydrogens is 246 g/mol. The number of rotatable bonds is 1. The Hall–Kier alpha value is -2.61. The number of hydrogen-bond donors (Lipinski definition) is 1. The van der Waals surface area contributed by atoms with Crippen molar-refractivity contribution in [2.24, 2.45) is 0 Å². The van der Waals surface area contributed by atoms with Gasteiger partial charge in [-0.25, -0.2) is 0 Å². The van der Waals surface area contributed by atoms with Gasteiger partial charge >= 0.3 is 0 Å². The lowest BCUT2D eigenvalue weighted by molar-refractivity contribution is 1.20. The zero-order valence-electron chi connectivity index (χ0n) is 11.4. The van der Waals surface area contributed by atoms with Crippen LogP contribution in [0.2, 0.25) is 0 Å². The number of H-pyrrole nitrogens is 1. The fourth-order valence-electron chi connectivity index (χ4n) is 1.75. The minimum absolute atomic E-state index is 0.0457. The van der Waals surface area contributed by atoms with Gasteiger partial charge in [-0.2, -0.15) is 0 Å². The molecule has 0 aliphatic rings. The lowest BCUT2D eigenvalue weighted by Gasteiger charge is -1.98. The summed E-state index contributed by atoms with van der Waals surface area (Å²) in [5.41, 5.74) is 3.58. The average molecular weight is 263 g/mol. The molecule has 0 amide bonds. The van der Waals surface area contributed by atoms with Crippen molar-refractivity contribution in [3.8, 4) is 11.1 Å². The van der Waals surface area contributed by atoms with Crippen LogP contribution >= 0.6 is 0 Å². The topological polar surface area (TPSA) is 32.9 Å². The number of aryl methyl sites for hydroxylation is 1. The number of pyridine rings is 1. The van der Waals surface area contributed by atoms with E-state index in [4.69, 9.17) is 0 Å². The van der Waals surface area contributed by atoms with Gasteiger partial charge in [-0.3, -0.25) is 4.79 Å². The number of aromatic amines is 1. The molecule has 3 aromatic rings. The van der Waals surface area contributed by atoms with Crippen LogP contribution < -0.4 is 5.56 Å². The molecule has 20 heavy (non-hydrogen) atoms. The smallest absolute Gasteiger partial charge is 0.247 e. The Morgan fingerprint density at radius 1 is 0.700 bits per heavy atom. The Morgan fingerprint density at radius 3 is 1.55 bits per heavy atom. The molecule has 2 heteroatoms. The maximum absolute atomic E-state index is 10.4. The van der Waals surface area contributed by atoms with Crippen molar-refractivity contribution in [2.75, 3.05) is 0 Å². The Labute approximate surface area is 118 Å². The highest BCUT2D eigenvalue weighted by atomic mass is 16.1. The van der Waals surface area contributed by atoms with Crippen molar-refractivity contribution in [3.05, 3.63) is 94.9 Å². The van der Waals surface area contributed by atoms with Crippen molar-refractivity contribution < 1.29 is 0 Å². The summed E-state index contributed by atoms with van der Waals surface area (Å²) < 4.78 is 0. The summed E-state index contributed by atoms with van der Waals surface area (Å²) in [7, 11) is 0. The molecule has 0 saturated carbocycles. The van der Waals surface area contributed by atoms with Gasteiger partial charge in [-0.05, 0) is 23.6 Å². The van der Waals surface area contributed by atoms with Crippen LogP contribution in [0.4, 0.5) is 0 Å². The standard InChI is InChI=1S/C12H10.C6H7NO/c1-3-7-11(8-4-1)12-9-5-2-6-10-12;1-5-2-3-6(8)7-4-5/h1-10H;2-4H,1H3,(H,7,8). The lowest BCUT2D eigenvalue weighted by atomic mass is 10.1. The van der Waals surface area contributed by atoms with Gasteiger partial charge in [0.15, 0.2) is 0 Å². The monoisotopic (exact) mass is 263 g/mol. The largest absolute Gasteiger partial charge is 0.329 e. The first-order valence-electron chi connectivity index (χ1n) is 6.51. The first kappa shape index (κ1) is 13.8. The van der Waals surface area contributed by atoms with E-state index in [1.165, 1.54) is 17.2 Å². The van der Waals surface area contributed by atoms with Gasteiger partial charge in [0, 0.05) is 12.3 Å². The van der Waals surface area contributed by atoms with Gasteiger partial charge in [-0.1, -0.05) is 66.7 Å². The van der Waals surface area contributed by atoms with Gasteiger partial charge in [0.05, 0.1) is 0 Å². The molecule has 0 radical (unpaired) electrons. The summed E-state index contributed by atoms with van der Waals surface area (Å²) in [6.45, 7) is 1.93. The molecule has 0 atom stereocenters. The quantitative estimate of drug-likeness (QED) is 0.706. The van der Waals surface area contributed by atoms with Crippen LogP contribution in [0.15, 0.2) is 83.8 Å². The van der Waals surface area contributed by atoms with E-state index in [2.05, 4.69) is 53.5 Å². The van der Waals surface area contributed by atoms with Gasteiger partial charge < -0.3 is 4.98 Å². The van der Waals surface area contributed by atoms with E-state index in [0.29, 0.717) is 0 Å². The molecule has 0 unspecified atom stereocenters. The molecule has 0 aliphatic carbocycles. The highest BCUT2D eigenvalue weighted by Crippen LogP contribution is 2.17. The van der Waals surface area contributed by atoms with Crippen molar-refractivity contribution in [2.45, 2.75) is 6.92 Å². The molecule has 0 bridgehead atoms. The number of aromatic nitrogens is 1. The number of nitrogens with one attached hydrogen (secondary N) is 1. The minimum Gasteiger partial charge on any atom is -0.329 e. The summed E-state index contributed by atoms with van der Waals surface area (Å²) in [6.07, 6.45) is 1.68. The lowest BCUT2D eigenvalue weighted by Crippen LogP contribution is -2.00. The first-order chi connectivity index (χ1) is 9.75. The predicted molar refractivity (Wildman–Crippen MR) is 83.7 cm³/mol. The average Bonchev–Trinajstić information content (AvgIpc) is 2.53. The molecule has 100 valence electrons. The van der Waals surface area contributed by atoms with Gasteiger partial charge in [0.1, 0.15) is 0 Å². The number of hydrogen-bond acceptors (Lipinski definition) is 1. The molecule has 0 aliphatic heterocycles. The van der Waals surface area contributed by atoms with Crippen molar-refractivity contribution in [1.29, 1.82) is 0 Å². The maximum Gasteiger partial charge on any atom is 0.247 e. The normalized spacial score (nSPS) is 9.45. The van der Waals surface area contributed by atoms with Crippen LogP contribution in [0.25, 0.3) is 11.1 Å². The molecule has 1 aromatic heterocycles. The molecular formula is C18H17NO. The molecule has 1 heterocycles. The fourth-order valence-corrected chi connectivity index (χ4v) is 1.75. The van der Waals surface area contributed by atoms with Gasteiger partial charge in [0.25, 0.3) is 0 Å².